The average molecular weight is 287 g/mol. The van der Waals surface area contributed by atoms with E-state index in [0.29, 0.717) is 0 Å². The minimum Gasteiger partial charge on any atom is -0.383 e. The second-order valence-electron chi connectivity index (χ2n) is 4.71. The molecule has 2 rings (SSSR count). The summed E-state index contributed by atoms with van der Waals surface area (Å²) in [5.74, 6) is -0.217. The summed E-state index contributed by atoms with van der Waals surface area (Å²) in [5, 5.41) is 14.9. The smallest absolute Gasteiger partial charge is 0.244 e. The molecule has 1 aromatic carbocycles. The Kier molecular flexibility index (Phi) is 4.71. The van der Waals surface area contributed by atoms with E-state index < -0.39 is 5.60 Å². The van der Waals surface area contributed by atoms with Crippen molar-refractivity contribution in [2.24, 2.45) is 0 Å². The summed E-state index contributed by atoms with van der Waals surface area (Å²) in [6.45, 7) is 1.88. The predicted molar refractivity (Wildman–Crippen MR) is 82.4 cm³/mol. The molecule has 1 aromatic heterocycles. The first-order valence-electron chi connectivity index (χ1n) is 6.35. The lowest BCUT2D eigenvalue weighted by molar-refractivity contribution is -0.117. The Labute approximate surface area is 122 Å². The van der Waals surface area contributed by atoms with Crippen molar-refractivity contribution in [2.45, 2.75) is 12.5 Å². The number of carbonyl (C=O) groups is 1. The third-order valence-corrected chi connectivity index (χ3v) is 4.01. The quantitative estimate of drug-likeness (QED) is 0.831. The van der Waals surface area contributed by atoms with Gasteiger partial charge in [-0.05, 0) is 30.0 Å². The first-order valence-corrected chi connectivity index (χ1v) is 7.23. The van der Waals surface area contributed by atoms with Gasteiger partial charge in [-0.3, -0.25) is 4.79 Å². The van der Waals surface area contributed by atoms with Crippen molar-refractivity contribution in [1.82, 2.24) is 5.32 Å². The Morgan fingerprint density at radius 2 is 2.05 bits per heavy atom. The molecule has 1 unspecified atom stereocenters. The fourth-order valence-electron chi connectivity index (χ4n) is 1.73. The molecule has 0 fully saturated rings. The summed E-state index contributed by atoms with van der Waals surface area (Å²) in [4.78, 5) is 12.6. The number of thiophene rings is 1. The molecule has 1 heterocycles. The second-order valence-corrected chi connectivity index (χ2v) is 5.66. The van der Waals surface area contributed by atoms with Gasteiger partial charge in [0, 0.05) is 11.0 Å². The largest absolute Gasteiger partial charge is 0.383 e. The molecule has 4 heteroatoms. The van der Waals surface area contributed by atoms with Crippen molar-refractivity contribution in [1.29, 1.82) is 0 Å². The number of rotatable bonds is 5. The van der Waals surface area contributed by atoms with E-state index in [1.807, 2.05) is 47.8 Å². The highest BCUT2D eigenvalue weighted by Crippen LogP contribution is 2.24. The Bertz CT molecular complexity index is 574. The molecule has 0 spiro atoms. The van der Waals surface area contributed by atoms with E-state index in [4.69, 9.17) is 0 Å². The molecule has 1 amide bonds. The van der Waals surface area contributed by atoms with Gasteiger partial charge in [-0.1, -0.05) is 36.4 Å². The van der Waals surface area contributed by atoms with Gasteiger partial charge in [0.1, 0.15) is 5.60 Å². The fraction of sp³-hybridized carbons (Fsp3) is 0.188. The van der Waals surface area contributed by atoms with Gasteiger partial charge < -0.3 is 10.4 Å². The first kappa shape index (κ1) is 14.5. The summed E-state index contributed by atoms with van der Waals surface area (Å²) in [6.07, 6.45) is 3.22. The van der Waals surface area contributed by atoms with Crippen LogP contribution in [0.5, 0.6) is 0 Å². The lowest BCUT2D eigenvalue weighted by atomic mass is 10.1. The maximum atomic E-state index is 11.7. The van der Waals surface area contributed by atoms with Crippen molar-refractivity contribution >= 4 is 23.3 Å². The molecule has 0 radical (unpaired) electrons. The van der Waals surface area contributed by atoms with Crippen LogP contribution in [0, 0.1) is 0 Å². The molecule has 104 valence electrons. The highest BCUT2D eigenvalue weighted by Gasteiger charge is 2.24. The van der Waals surface area contributed by atoms with E-state index in [1.165, 1.54) is 17.4 Å². The molecule has 0 saturated heterocycles. The van der Waals surface area contributed by atoms with Gasteiger partial charge in [0.2, 0.25) is 5.91 Å². The minimum absolute atomic E-state index is 0.186. The molecule has 2 aromatic rings. The monoisotopic (exact) mass is 287 g/mol. The zero-order valence-corrected chi connectivity index (χ0v) is 12.1. The second kappa shape index (κ2) is 6.50. The van der Waals surface area contributed by atoms with Gasteiger partial charge in [0.15, 0.2) is 0 Å². The zero-order valence-electron chi connectivity index (χ0n) is 11.2. The molecular weight excluding hydrogens is 270 g/mol. The van der Waals surface area contributed by atoms with Crippen LogP contribution in [-0.4, -0.2) is 17.6 Å². The summed E-state index contributed by atoms with van der Waals surface area (Å²) >= 11 is 1.47. The van der Waals surface area contributed by atoms with Gasteiger partial charge in [-0.25, -0.2) is 0 Å². The van der Waals surface area contributed by atoms with Crippen molar-refractivity contribution < 1.29 is 9.90 Å². The van der Waals surface area contributed by atoms with Crippen molar-refractivity contribution in [3.05, 3.63) is 64.4 Å². The Morgan fingerprint density at radius 1 is 1.30 bits per heavy atom. The maximum Gasteiger partial charge on any atom is 0.244 e. The van der Waals surface area contributed by atoms with Crippen LogP contribution in [-0.2, 0) is 10.4 Å². The lowest BCUT2D eigenvalue weighted by Crippen LogP contribution is -2.37. The molecular formula is C16H17NO2S. The Morgan fingerprint density at radius 3 is 2.70 bits per heavy atom. The third-order valence-electron chi connectivity index (χ3n) is 2.89. The van der Waals surface area contributed by atoms with Crippen LogP contribution >= 0.6 is 11.3 Å². The van der Waals surface area contributed by atoms with E-state index >= 15 is 0 Å². The number of aliphatic hydroxyl groups is 1. The number of hydrogen-bond donors (Lipinski definition) is 2. The molecule has 3 nitrogen and oxygen atoms in total. The Hall–Kier alpha value is -1.91. The number of benzene rings is 1. The topological polar surface area (TPSA) is 49.3 Å². The summed E-state index contributed by atoms with van der Waals surface area (Å²) in [7, 11) is 0. The zero-order chi connectivity index (χ0) is 14.4. The van der Waals surface area contributed by atoms with E-state index in [1.54, 1.807) is 13.0 Å². The predicted octanol–water partition coefficient (Wildman–Crippen LogP) is 2.79. The van der Waals surface area contributed by atoms with Crippen LogP contribution in [0.25, 0.3) is 6.08 Å². The van der Waals surface area contributed by atoms with Crippen LogP contribution in [0.4, 0.5) is 0 Å². The average Bonchev–Trinajstić information content (AvgIpc) is 2.99. The molecule has 2 N–H and O–H groups in total. The number of amides is 1. The molecule has 0 saturated carbocycles. The van der Waals surface area contributed by atoms with Crippen LogP contribution in [0.15, 0.2) is 53.9 Å². The van der Waals surface area contributed by atoms with Crippen molar-refractivity contribution in [2.75, 3.05) is 6.54 Å². The van der Waals surface area contributed by atoms with Gasteiger partial charge in [-0.2, -0.15) is 0 Å². The summed E-state index contributed by atoms with van der Waals surface area (Å²) in [5.41, 5.74) is -0.0719. The molecule has 20 heavy (non-hydrogen) atoms. The Balaban J connectivity index is 1.88. The van der Waals surface area contributed by atoms with E-state index in [-0.39, 0.29) is 12.5 Å². The maximum absolute atomic E-state index is 11.7. The minimum atomic E-state index is -1.04. The van der Waals surface area contributed by atoms with Gasteiger partial charge in [-0.15, -0.1) is 11.3 Å². The molecule has 0 bridgehead atoms. The SMILES string of the molecule is CC(O)(CNC(=O)C=Cc1ccccc1)c1cccs1. The van der Waals surface area contributed by atoms with Crippen LogP contribution in [0.1, 0.15) is 17.4 Å². The van der Waals surface area contributed by atoms with Crippen LogP contribution in [0.2, 0.25) is 0 Å². The lowest BCUT2D eigenvalue weighted by Gasteiger charge is -2.21. The van der Waals surface area contributed by atoms with Gasteiger partial charge >= 0.3 is 0 Å². The first-order chi connectivity index (χ1) is 9.58. The molecule has 0 aliphatic rings. The summed E-state index contributed by atoms with van der Waals surface area (Å²) in [6, 6.07) is 13.3. The summed E-state index contributed by atoms with van der Waals surface area (Å²) < 4.78 is 0. The van der Waals surface area contributed by atoms with E-state index in [2.05, 4.69) is 5.32 Å². The number of hydrogen-bond acceptors (Lipinski definition) is 3. The van der Waals surface area contributed by atoms with E-state index in [9.17, 15) is 9.90 Å². The van der Waals surface area contributed by atoms with Crippen LogP contribution in [0.3, 0.4) is 0 Å². The number of carbonyl (C=O) groups excluding carboxylic acids is 1. The highest BCUT2D eigenvalue weighted by atomic mass is 32.1. The molecule has 0 aliphatic carbocycles. The highest BCUT2D eigenvalue weighted by molar-refractivity contribution is 7.10. The van der Waals surface area contributed by atoms with Gasteiger partial charge in [0.25, 0.3) is 0 Å². The van der Waals surface area contributed by atoms with Crippen LogP contribution < -0.4 is 5.32 Å². The number of nitrogens with one attached hydrogen (secondary N) is 1. The third kappa shape index (κ3) is 4.05. The molecule has 0 aliphatic heterocycles. The fourth-order valence-corrected chi connectivity index (χ4v) is 2.51. The standard InChI is InChI=1S/C16H17NO2S/c1-16(19,14-8-5-11-20-14)12-17-15(18)10-9-13-6-3-2-4-7-13/h2-11,19H,12H2,1H3,(H,17,18). The van der Waals surface area contributed by atoms with Crippen molar-refractivity contribution in [3.63, 3.8) is 0 Å². The normalized spacial score (nSPS) is 14.1. The molecule has 1 atom stereocenters. The van der Waals surface area contributed by atoms with Gasteiger partial charge in [0.05, 0.1) is 6.54 Å². The van der Waals surface area contributed by atoms with E-state index in [0.717, 1.165) is 10.4 Å². The van der Waals surface area contributed by atoms with Crippen molar-refractivity contribution in [3.8, 4) is 0 Å².